The van der Waals surface area contributed by atoms with Gasteiger partial charge in [-0.05, 0) is 38.3 Å². The molecular weight excluding hydrogens is 256 g/mol. The molecule has 0 bridgehead atoms. The van der Waals surface area contributed by atoms with Gasteiger partial charge in [0.05, 0.1) is 0 Å². The number of carbonyl (C=O) groups is 2. The van der Waals surface area contributed by atoms with Gasteiger partial charge in [0.2, 0.25) is 0 Å². The zero-order valence-electron chi connectivity index (χ0n) is 11.9. The number of rotatable bonds is 5. The molecule has 2 amide bonds. The number of aryl methyl sites for hydroxylation is 1. The molecule has 0 aliphatic heterocycles. The van der Waals surface area contributed by atoms with Crippen LogP contribution < -0.4 is 4.90 Å². The molecule has 1 aliphatic carbocycles. The summed E-state index contributed by atoms with van der Waals surface area (Å²) in [7, 11) is 0. The highest BCUT2D eigenvalue weighted by Gasteiger charge is 2.36. The molecule has 0 heterocycles. The highest BCUT2D eigenvalue weighted by atomic mass is 16.4. The Morgan fingerprint density at radius 1 is 1.30 bits per heavy atom. The summed E-state index contributed by atoms with van der Waals surface area (Å²) in [6.07, 6.45) is 1.79. The summed E-state index contributed by atoms with van der Waals surface area (Å²) in [4.78, 5) is 26.7. The molecule has 1 N–H and O–H groups in total. The maximum absolute atomic E-state index is 12.6. The Hall–Kier alpha value is -2.04. The minimum absolute atomic E-state index is 0.0802. The lowest BCUT2D eigenvalue weighted by Crippen LogP contribution is -2.46. The van der Waals surface area contributed by atoms with Crippen LogP contribution in [0, 0.1) is 6.92 Å². The lowest BCUT2D eigenvalue weighted by molar-refractivity contribution is -0.137. The van der Waals surface area contributed by atoms with E-state index in [1.807, 2.05) is 38.1 Å². The van der Waals surface area contributed by atoms with Crippen LogP contribution in [-0.2, 0) is 4.79 Å². The van der Waals surface area contributed by atoms with E-state index >= 15 is 0 Å². The molecule has 1 aromatic carbocycles. The molecule has 0 spiro atoms. The van der Waals surface area contributed by atoms with Gasteiger partial charge in [0.1, 0.15) is 6.54 Å². The summed E-state index contributed by atoms with van der Waals surface area (Å²) in [5.74, 6) is -0.967. The number of urea groups is 1. The molecular formula is C15H20N2O3. The average Bonchev–Trinajstić information content (AvgIpc) is 3.23. The minimum atomic E-state index is -0.967. The van der Waals surface area contributed by atoms with Gasteiger partial charge in [-0.3, -0.25) is 9.69 Å². The van der Waals surface area contributed by atoms with E-state index < -0.39 is 5.97 Å². The van der Waals surface area contributed by atoms with Crippen molar-refractivity contribution in [2.24, 2.45) is 0 Å². The number of aliphatic carboxylic acids is 1. The normalized spacial score (nSPS) is 13.9. The van der Waals surface area contributed by atoms with Crippen molar-refractivity contribution >= 4 is 17.7 Å². The van der Waals surface area contributed by atoms with Gasteiger partial charge in [0.15, 0.2) is 0 Å². The van der Waals surface area contributed by atoms with Crippen LogP contribution in [0.2, 0.25) is 0 Å². The number of amides is 2. The highest BCUT2D eigenvalue weighted by molar-refractivity contribution is 5.94. The summed E-state index contributed by atoms with van der Waals surface area (Å²) in [5.41, 5.74) is 1.85. The first-order valence-electron chi connectivity index (χ1n) is 6.90. The van der Waals surface area contributed by atoms with Crippen molar-refractivity contribution in [2.75, 3.05) is 18.0 Å². The van der Waals surface area contributed by atoms with Gasteiger partial charge in [-0.2, -0.15) is 0 Å². The quantitative estimate of drug-likeness (QED) is 0.898. The van der Waals surface area contributed by atoms with Crippen LogP contribution in [0.5, 0.6) is 0 Å². The number of carbonyl (C=O) groups excluding carboxylic acids is 1. The van der Waals surface area contributed by atoms with E-state index in [-0.39, 0.29) is 18.6 Å². The van der Waals surface area contributed by atoms with E-state index in [0.717, 1.165) is 24.1 Å². The second kappa shape index (κ2) is 5.94. The molecule has 0 unspecified atom stereocenters. The van der Waals surface area contributed by atoms with E-state index in [2.05, 4.69) is 0 Å². The molecule has 1 aromatic rings. The molecule has 0 atom stereocenters. The third-order valence-corrected chi connectivity index (χ3v) is 3.49. The zero-order chi connectivity index (χ0) is 14.7. The molecule has 5 heteroatoms. The minimum Gasteiger partial charge on any atom is -0.480 e. The van der Waals surface area contributed by atoms with Crippen molar-refractivity contribution in [1.29, 1.82) is 0 Å². The molecule has 2 rings (SSSR count). The first kappa shape index (κ1) is 14.4. The van der Waals surface area contributed by atoms with Gasteiger partial charge < -0.3 is 10.0 Å². The van der Waals surface area contributed by atoms with Gasteiger partial charge in [-0.15, -0.1) is 0 Å². The van der Waals surface area contributed by atoms with Crippen LogP contribution >= 0.6 is 0 Å². The third kappa shape index (κ3) is 3.10. The largest absolute Gasteiger partial charge is 0.480 e. The third-order valence-electron chi connectivity index (χ3n) is 3.49. The Kier molecular flexibility index (Phi) is 4.27. The van der Waals surface area contributed by atoms with Crippen molar-refractivity contribution in [3.8, 4) is 0 Å². The second-order valence-electron chi connectivity index (χ2n) is 5.07. The Morgan fingerprint density at radius 2 is 1.95 bits per heavy atom. The molecule has 20 heavy (non-hydrogen) atoms. The highest BCUT2D eigenvalue weighted by Crippen LogP contribution is 2.29. The van der Waals surface area contributed by atoms with E-state index in [0.29, 0.717) is 6.54 Å². The predicted molar refractivity (Wildman–Crippen MR) is 77.0 cm³/mol. The van der Waals surface area contributed by atoms with Gasteiger partial charge in [-0.25, -0.2) is 4.79 Å². The number of anilines is 1. The van der Waals surface area contributed by atoms with Crippen LogP contribution in [0.4, 0.5) is 10.5 Å². The van der Waals surface area contributed by atoms with Crippen molar-refractivity contribution < 1.29 is 14.7 Å². The lowest BCUT2D eigenvalue weighted by atomic mass is 10.2. The van der Waals surface area contributed by atoms with Crippen molar-refractivity contribution in [1.82, 2.24) is 4.90 Å². The van der Waals surface area contributed by atoms with Crippen LogP contribution in [0.3, 0.4) is 0 Å². The van der Waals surface area contributed by atoms with Crippen molar-refractivity contribution in [2.45, 2.75) is 32.7 Å². The van der Waals surface area contributed by atoms with E-state index in [9.17, 15) is 9.59 Å². The number of hydrogen-bond donors (Lipinski definition) is 1. The molecule has 0 saturated heterocycles. The predicted octanol–water partition coefficient (Wildman–Crippen LogP) is 2.49. The number of para-hydroxylation sites is 1. The standard InChI is InChI=1S/C15H20N2O3/c1-3-16(13-7-5-4-6-11(13)2)15(20)17(10-14(18)19)12-8-9-12/h4-7,12H,3,8-10H2,1-2H3,(H,18,19). The number of benzene rings is 1. The molecule has 1 saturated carbocycles. The summed E-state index contributed by atoms with van der Waals surface area (Å²) in [6.45, 7) is 4.14. The van der Waals surface area contributed by atoms with Gasteiger partial charge in [0, 0.05) is 18.3 Å². The van der Waals surface area contributed by atoms with E-state index in [4.69, 9.17) is 5.11 Å². The molecule has 5 nitrogen and oxygen atoms in total. The Labute approximate surface area is 118 Å². The van der Waals surface area contributed by atoms with Crippen LogP contribution in [0.1, 0.15) is 25.3 Å². The topological polar surface area (TPSA) is 60.9 Å². The maximum Gasteiger partial charge on any atom is 0.325 e. The van der Waals surface area contributed by atoms with E-state index in [1.54, 1.807) is 4.90 Å². The number of carboxylic acid groups (broad SMARTS) is 1. The van der Waals surface area contributed by atoms with Gasteiger partial charge in [0.25, 0.3) is 0 Å². The Balaban J connectivity index is 2.23. The SMILES string of the molecule is CCN(C(=O)N(CC(=O)O)C1CC1)c1ccccc1C. The fraction of sp³-hybridized carbons (Fsp3) is 0.467. The van der Waals surface area contributed by atoms with Gasteiger partial charge in [-0.1, -0.05) is 18.2 Å². The summed E-state index contributed by atoms with van der Waals surface area (Å²) >= 11 is 0. The first-order valence-corrected chi connectivity index (χ1v) is 6.90. The monoisotopic (exact) mass is 276 g/mol. The lowest BCUT2D eigenvalue weighted by Gasteiger charge is -2.30. The number of nitrogens with zero attached hydrogens (tertiary/aromatic N) is 2. The Bertz CT molecular complexity index is 512. The van der Waals surface area contributed by atoms with Crippen LogP contribution in [-0.4, -0.2) is 41.1 Å². The molecule has 0 aromatic heterocycles. The number of carboxylic acids is 1. The fourth-order valence-electron chi connectivity index (χ4n) is 2.31. The van der Waals surface area contributed by atoms with Gasteiger partial charge >= 0.3 is 12.0 Å². The smallest absolute Gasteiger partial charge is 0.325 e. The Morgan fingerprint density at radius 3 is 2.45 bits per heavy atom. The van der Waals surface area contributed by atoms with Crippen LogP contribution in [0.25, 0.3) is 0 Å². The molecule has 108 valence electrons. The maximum atomic E-state index is 12.6. The first-order chi connectivity index (χ1) is 9.54. The number of hydrogen-bond acceptors (Lipinski definition) is 2. The summed E-state index contributed by atoms with van der Waals surface area (Å²) in [5, 5.41) is 8.98. The van der Waals surface area contributed by atoms with Crippen molar-refractivity contribution in [3.63, 3.8) is 0 Å². The second-order valence-corrected chi connectivity index (χ2v) is 5.07. The van der Waals surface area contributed by atoms with Crippen molar-refractivity contribution in [3.05, 3.63) is 29.8 Å². The average molecular weight is 276 g/mol. The summed E-state index contributed by atoms with van der Waals surface area (Å²) in [6, 6.07) is 7.51. The zero-order valence-corrected chi connectivity index (χ0v) is 11.9. The van der Waals surface area contributed by atoms with Crippen LogP contribution in [0.15, 0.2) is 24.3 Å². The molecule has 1 fully saturated rings. The molecule has 1 aliphatic rings. The van der Waals surface area contributed by atoms with E-state index in [1.165, 1.54) is 4.90 Å². The fourth-order valence-corrected chi connectivity index (χ4v) is 2.31. The molecule has 0 radical (unpaired) electrons. The summed E-state index contributed by atoms with van der Waals surface area (Å²) < 4.78 is 0.